The predicted molar refractivity (Wildman–Crippen MR) is 116 cm³/mol. The number of carboxylic acid groups (broad SMARTS) is 1. The summed E-state index contributed by atoms with van der Waals surface area (Å²) in [5, 5.41) is 13.8. The second-order valence-electron chi connectivity index (χ2n) is 7.05. The van der Waals surface area contributed by atoms with Crippen molar-refractivity contribution in [3.8, 4) is 11.1 Å². The fourth-order valence-electron chi connectivity index (χ4n) is 3.06. The highest BCUT2D eigenvalue weighted by Gasteiger charge is 2.30. The second-order valence-corrected chi connectivity index (χ2v) is 7.05. The molecule has 0 saturated heterocycles. The van der Waals surface area contributed by atoms with Gasteiger partial charge in [-0.05, 0) is 53.6 Å². The molecule has 9 heteroatoms. The Balaban J connectivity index is 1.72. The highest BCUT2D eigenvalue weighted by molar-refractivity contribution is 6.09. The van der Waals surface area contributed by atoms with Crippen LogP contribution in [0.15, 0.2) is 72.8 Å². The lowest BCUT2D eigenvalue weighted by molar-refractivity contribution is -0.138. The summed E-state index contributed by atoms with van der Waals surface area (Å²) < 4.78 is 38.5. The van der Waals surface area contributed by atoms with Gasteiger partial charge in [0.15, 0.2) is 0 Å². The van der Waals surface area contributed by atoms with Gasteiger partial charge in [0.2, 0.25) is 0 Å². The molecule has 0 unspecified atom stereocenters. The van der Waals surface area contributed by atoms with Gasteiger partial charge in [0.1, 0.15) is 0 Å². The zero-order valence-corrected chi connectivity index (χ0v) is 17.1. The zero-order valence-electron chi connectivity index (χ0n) is 17.1. The standard InChI is InChI=1S/C24H19F3N2O4/c25-24(26,27)17-9-5-15(6-10-17)19-3-1-2-4-20(19)23(33)29-18-11-7-16(8-12-18)22(32)28-14-13-21(30)31/h1-12H,13-14H2,(H,28,32)(H,29,33)(H,30,31). The highest BCUT2D eigenvalue weighted by Crippen LogP contribution is 2.32. The van der Waals surface area contributed by atoms with Crippen LogP contribution in [0.1, 0.15) is 32.7 Å². The summed E-state index contributed by atoms with van der Waals surface area (Å²) in [6.07, 6.45) is -4.65. The van der Waals surface area contributed by atoms with E-state index in [1.54, 1.807) is 24.3 Å². The summed E-state index contributed by atoms with van der Waals surface area (Å²) in [5.74, 6) is -1.93. The Morgan fingerprint density at radius 3 is 2.06 bits per heavy atom. The molecule has 0 aliphatic heterocycles. The van der Waals surface area contributed by atoms with Gasteiger partial charge in [-0.1, -0.05) is 30.3 Å². The maximum Gasteiger partial charge on any atom is 0.416 e. The van der Waals surface area contributed by atoms with Crippen molar-refractivity contribution >= 4 is 23.5 Å². The van der Waals surface area contributed by atoms with Gasteiger partial charge in [-0.3, -0.25) is 14.4 Å². The lowest BCUT2D eigenvalue weighted by atomic mass is 9.98. The Morgan fingerprint density at radius 2 is 1.45 bits per heavy atom. The van der Waals surface area contributed by atoms with Gasteiger partial charge < -0.3 is 15.7 Å². The van der Waals surface area contributed by atoms with Crippen molar-refractivity contribution in [2.45, 2.75) is 12.6 Å². The molecule has 0 heterocycles. The number of anilines is 1. The number of nitrogens with one attached hydrogen (secondary N) is 2. The first-order valence-electron chi connectivity index (χ1n) is 9.83. The number of hydrogen-bond donors (Lipinski definition) is 3. The maximum absolute atomic E-state index is 12.8. The van der Waals surface area contributed by atoms with Crippen LogP contribution in [-0.4, -0.2) is 29.4 Å². The van der Waals surface area contributed by atoms with Crippen LogP contribution < -0.4 is 10.6 Å². The van der Waals surface area contributed by atoms with Crippen LogP contribution in [0.2, 0.25) is 0 Å². The number of rotatable bonds is 7. The molecule has 0 fully saturated rings. The van der Waals surface area contributed by atoms with Crippen LogP contribution in [0.25, 0.3) is 11.1 Å². The first-order chi connectivity index (χ1) is 15.6. The molecule has 3 aromatic rings. The highest BCUT2D eigenvalue weighted by atomic mass is 19.4. The predicted octanol–water partition coefficient (Wildman–Crippen LogP) is 4.83. The first-order valence-corrected chi connectivity index (χ1v) is 9.83. The summed E-state index contributed by atoms with van der Waals surface area (Å²) in [6.45, 7) is -0.00656. The Labute approximate surface area is 187 Å². The van der Waals surface area contributed by atoms with Gasteiger partial charge in [-0.25, -0.2) is 0 Å². The van der Waals surface area contributed by atoms with Gasteiger partial charge in [-0.15, -0.1) is 0 Å². The molecule has 33 heavy (non-hydrogen) atoms. The molecule has 3 aromatic carbocycles. The molecule has 0 bridgehead atoms. The van der Waals surface area contributed by atoms with Crippen LogP contribution >= 0.6 is 0 Å². The van der Waals surface area contributed by atoms with E-state index in [-0.39, 0.29) is 18.5 Å². The molecule has 6 nitrogen and oxygen atoms in total. The largest absolute Gasteiger partial charge is 0.481 e. The molecule has 0 aromatic heterocycles. The van der Waals surface area contributed by atoms with Gasteiger partial charge in [0.05, 0.1) is 12.0 Å². The number of aliphatic carboxylic acids is 1. The fraction of sp³-hybridized carbons (Fsp3) is 0.125. The van der Waals surface area contributed by atoms with Crippen LogP contribution in [0, 0.1) is 0 Å². The van der Waals surface area contributed by atoms with Crippen molar-refractivity contribution in [1.29, 1.82) is 0 Å². The Kier molecular flexibility index (Phi) is 7.12. The lowest BCUT2D eigenvalue weighted by Crippen LogP contribution is -2.25. The van der Waals surface area contributed by atoms with Crippen LogP contribution in [0.3, 0.4) is 0 Å². The molecule has 3 rings (SSSR count). The normalized spacial score (nSPS) is 11.0. The summed E-state index contributed by atoms with van der Waals surface area (Å²) in [5.41, 5.74) is 1.13. The minimum atomic E-state index is -4.45. The molecular weight excluding hydrogens is 437 g/mol. The smallest absolute Gasteiger partial charge is 0.416 e. The number of hydrogen-bond acceptors (Lipinski definition) is 3. The van der Waals surface area contributed by atoms with E-state index in [1.165, 1.54) is 36.4 Å². The van der Waals surface area contributed by atoms with E-state index in [0.717, 1.165) is 12.1 Å². The van der Waals surface area contributed by atoms with Crippen LogP contribution in [0.4, 0.5) is 18.9 Å². The Morgan fingerprint density at radius 1 is 0.818 bits per heavy atom. The molecule has 2 amide bonds. The SMILES string of the molecule is O=C(O)CCNC(=O)c1ccc(NC(=O)c2ccccc2-c2ccc(C(F)(F)F)cc2)cc1. The van der Waals surface area contributed by atoms with Crippen molar-refractivity contribution in [2.24, 2.45) is 0 Å². The Hall–Kier alpha value is -4.14. The number of amides is 2. The third kappa shape index (κ3) is 6.19. The van der Waals surface area contributed by atoms with E-state index in [1.807, 2.05) is 0 Å². The van der Waals surface area contributed by atoms with E-state index < -0.39 is 29.5 Å². The van der Waals surface area contributed by atoms with E-state index in [2.05, 4.69) is 10.6 Å². The number of carbonyl (C=O) groups is 3. The maximum atomic E-state index is 12.8. The average Bonchev–Trinajstić information content (AvgIpc) is 2.78. The minimum Gasteiger partial charge on any atom is -0.481 e. The number of benzene rings is 3. The van der Waals surface area contributed by atoms with Crippen molar-refractivity contribution in [3.05, 3.63) is 89.5 Å². The minimum absolute atomic E-state index is 0.00656. The van der Waals surface area contributed by atoms with Gasteiger partial charge in [-0.2, -0.15) is 13.2 Å². The molecule has 0 aliphatic rings. The summed E-state index contributed by atoms with van der Waals surface area (Å²) in [4.78, 5) is 35.4. The summed E-state index contributed by atoms with van der Waals surface area (Å²) in [6, 6.07) is 17.1. The molecule has 0 aliphatic carbocycles. The Bertz CT molecular complexity index is 1160. The molecule has 0 saturated carbocycles. The quantitative estimate of drug-likeness (QED) is 0.475. The van der Waals surface area contributed by atoms with E-state index in [9.17, 15) is 27.6 Å². The van der Waals surface area contributed by atoms with Gasteiger partial charge >= 0.3 is 12.1 Å². The van der Waals surface area contributed by atoms with Crippen molar-refractivity contribution in [2.75, 3.05) is 11.9 Å². The summed E-state index contributed by atoms with van der Waals surface area (Å²) >= 11 is 0. The van der Waals surface area contributed by atoms with Crippen LogP contribution in [0.5, 0.6) is 0 Å². The number of carbonyl (C=O) groups excluding carboxylic acids is 2. The van der Waals surface area contributed by atoms with E-state index >= 15 is 0 Å². The number of alkyl halides is 3. The van der Waals surface area contributed by atoms with Crippen molar-refractivity contribution < 1.29 is 32.7 Å². The van der Waals surface area contributed by atoms with Gasteiger partial charge in [0, 0.05) is 23.4 Å². The fourth-order valence-corrected chi connectivity index (χ4v) is 3.06. The van der Waals surface area contributed by atoms with Crippen molar-refractivity contribution in [3.63, 3.8) is 0 Å². The third-order valence-electron chi connectivity index (χ3n) is 4.72. The van der Waals surface area contributed by atoms with Crippen molar-refractivity contribution in [1.82, 2.24) is 5.32 Å². The van der Waals surface area contributed by atoms with Gasteiger partial charge in [0.25, 0.3) is 11.8 Å². The topological polar surface area (TPSA) is 95.5 Å². The average molecular weight is 456 g/mol. The van der Waals surface area contributed by atoms with E-state index in [4.69, 9.17) is 5.11 Å². The monoisotopic (exact) mass is 456 g/mol. The van der Waals surface area contributed by atoms with Crippen LogP contribution in [-0.2, 0) is 11.0 Å². The first kappa shape index (κ1) is 23.5. The molecule has 0 spiro atoms. The molecule has 0 atom stereocenters. The zero-order chi connectivity index (χ0) is 24.0. The second kappa shape index (κ2) is 9.99. The molecular formula is C24H19F3N2O4. The number of halogens is 3. The third-order valence-corrected chi connectivity index (χ3v) is 4.72. The number of carboxylic acids is 1. The summed E-state index contributed by atoms with van der Waals surface area (Å²) in [7, 11) is 0. The van der Waals surface area contributed by atoms with E-state index in [0.29, 0.717) is 22.4 Å². The molecule has 170 valence electrons. The molecule has 0 radical (unpaired) electrons. The molecule has 3 N–H and O–H groups in total. The lowest BCUT2D eigenvalue weighted by Gasteiger charge is -2.12.